The molecule has 7 aromatic rings. The highest BCUT2D eigenvalue weighted by Crippen LogP contribution is 2.36. The molecule has 4 aromatic carbocycles. The van der Waals surface area contributed by atoms with Gasteiger partial charge in [-0.15, -0.1) is 0 Å². The van der Waals surface area contributed by atoms with Crippen LogP contribution >= 0.6 is 0 Å². The number of halogens is 6. The topological polar surface area (TPSA) is 55.0 Å². The van der Waals surface area contributed by atoms with Crippen molar-refractivity contribution in [2.75, 3.05) is 38.0 Å². The van der Waals surface area contributed by atoms with E-state index in [4.69, 9.17) is 15.2 Å². The van der Waals surface area contributed by atoms with Gasteiger partial charge < -0.3 is 9.80 Å². The lowest BCUT2D eigenvalue weighted by Gasteiger charge is -2.12. The van der Waals surface area contributed by atoms with Crippen LogP contribution in [0.2, 0.25) is 0 Å². The van der Waals surface area contributed by atoms with Crippen LogP contribution in [0.1, 0.15) is 11.1 Å². The smallest absolute Gasteiger partial charge is 0.378 e. The van der Waals surface area contributed by atoms with Gasteiger partial charge in [0.1, 0.15) is 0 Å². The zero-order chi connectivity index (χ0) is 38.4. The minimum atomic E-state index is -4.50. The standard InChI is InChI=1S/C41H33F6N7/c1-51(2)32-20-12-26(13-21-32)34-24-36(28-8-16-30(17-9-28)40(42,43)44)53(49-34)38-6-5-7-39(48-38)54-37(29-10-18-31(19-11-29)41(45,46)47)25-35(50-54)27-14-22-33(23-15-27)52(3)4/h5-25H,1-4H3. The number of alkyl halides is 6. The normalized spacial score (nSPS) is 11.9. The first-order chi connectivity index (χ1) is 25.7. The van der Waals surface area contributed by atoms with Gasteiger partial charge in [0.2, 0.25) is 0 Å². The van der Waals surface area contributed by atoms with E-state index in [1.165, 1.54) is 24.3 Å². The van der Waals surface area contributed by atoms with Crippen LogP contribution in [0.15, 0.2) is 127 Å². The van der Waals surface area contributed by atoms with Gasteiger partial charge in [0.25, 0.3) is 0 Å². The maximum Gasteiger partial charge on any atom is 0.416 e. The van der Waals surface area contributed by atoms with Crippen LogP contribution in [0.4, 0.5) is 37.7 Å². The van der Waals surface area contributed by atoms with Crippen molar-refractivity contribution < 1.29 is 26.3 Å². The first-order valence-corrected chi connectivity index (χ1v) is 16.7. The molecule has 0 saturated carbocycles. The molecule has 0 amide bonds. The van der Waals surface area contributed by atoms with E-state index < -0.39 is 23.5 Å². The first-order valence-electron chi connectivity index (χ1n) is 16.7. The van der Waals surface area contributed by atoms with E-state index in [9.17, 15) is 26.3 Å². The number of aromatic nitrogens is 5. The molecule has 7 nitrogen and oxygen atoms in total. The first kappa shape index (κ1) is 36.0. The molecule has 54 heavy (non-hydrogen) atoms. The predicted octanol–water partition coefficient (Wildman–Crippen LogP) is 10.3. The highest BCUT2D eigenvalue weighted by atomic mass is 19.4. The van der Waals surface area contributed by atoms with Crippen LogP contribution in [0.5, 0.6) is 0 Å². The van der Waals surface area contributed by atoms with Gasteiger partial charge in [-0.3, -0.25) is 0 Å². The molecule has 0 radical (unpaired) electrons. The summed E-state index contributed by atoms with van der Waals surface area (Å²) in [5.74, 6) is 0.675. The largest absolute Gasteiger partial charge is 0.416 e. The van der Waals surface area contributed by atoms with Gasteiger partial charge in [-0.25, -0.2) is 14.3 Å². The van der Waals surface area contributed by atoms with E-state index in [0.29, 0.717) is 45.5 Å². The van der Waals surface area contributed by atoms with Crippen molar-refractivity contribution >= 4 is 11.4 Å². The number of hydrogen-bond acceptors (Lipinski definition) is 5. The Morgan fingerprint density at radius 2 is 0.778 bits per heavy atom. The Kier molecular flexibility index (Phi) is 9.26. The molecule has 7 rings (SSSR count). The molecule has 0 spiro atoms. The summed E-state index contributed by atoms with van der Waals surface area (Å²) in [5.41, 5.74) is 5.03. The third-order valence-electron chi connectivity index (χ3n) is 8.95. The van der Waals surface area contributed by atoms with E-state index in [1.54, 1.807) is 39.7 Å². The second kappa shape index (κ2) is 13.9. The molecule has 0 aliphatic carbocycles. The summed E-state index contributed by atoms with van der Waals surface area (Å²) in [6.45, 7) is 0. The Morgan fingerprint density at radius 3 is 1.09 bits per heavy atom. The second-order valence-corrected chi connectivity index (χ2v) is 13.0. The van der Waals surface area contributed by atoms with Crippen LogP contribution in [0.25, 0.3) is 56.7 Å². The Hall–Kier alpha value is -6.37. The van der Waals surface area contributed by atoms with Crippen molar-refractivity contribution in [1.82, 2.24) is 24.5 Å². The van der Waals surface area contributed by atoms with Gasteiger partial charge in [0, 0.05) is 61.8 Å². The van der Waals surface area contributed by atoms with Gasteiger partial charge in [0.15, 0.2) is 11.6 Å². The molecule has 0 atom stereocenters. The van der Waals surface area contributed by atoms with Crippen molar-refractivity contribution in [3.63, 3.8) is 0 Å². The van der Waals surface area contributed by atoms with Crippen molar-refractivity contribution in [1.29, 1.82) is 0 Å². The van der Waals surface area contributed by atoms with E-state index >= 15 is 0 Å². The van der Waals surface area contributed by atoms with Crippen molar-refractivity contribution in [3.8, 4) is 56.7 Å². The summed E-state index contributed by atoms with van der Waals surface area (Å²) < 4.78 is 84.0. The fourth-order valence-electron chi connectivity index (χ4n) is 5.97. The van der Waals surface area contributed by atoms with Crippen LogP contribution in [0.3, 0.4) is 0 Å². The summed E-state index contributed by atoms with van der Waals surface area (Å²) in [6, 6.07) is 33.8. The van der Waals surface area contributed by atoms with Crippen molar-refractivity contribution in [2.45, 2.75) is 12.4 Å². The minimum absolute atomic E-state index is 0.337. The number of benzene rings is 4. The molecule has 0 bridgehead atoms. The van der Waals surface area contributed by atoms with Crippen molar-refractivity contribution in [3.05, 3.63) is 139 Å². The SMILES string of the molecule is CN(C)c1ccc(-c2cc(-c3ccc(C(F)(F)F)cc3)n(-c3cccc(-n4nc(-c5ccc(N(C)C)cc5)cc4-c4ccc(C(F)(F)F)cc4)n3)n2)cc1. The third kappa shape index (κ3) is 7.29. The molecule has 0 fully saturated rings. The fraction of sp³-hybridized carbons (Fsp3) is 0.146. The predicted molar refractivity (Wildman–Crippen MR) is 199 cm³/mol. The average Bonchev–Trinajstić information content (AvgIpc) is 3.81. The van der Waals surface area contributed by atoms with Crippen LogP contribution in [-0.4, -0.2) is 52.7 Å². The van der Waals surface area contributed by atoms with E-state index in [2.05, 4.69) is 0 Å². The summed E-state index contributed by atoms with van der Waals surface area (Å²) in [4.78, 5) is 8.84. The lowest BCUT2D eigenvalue weighted by Crippen LogP contribution is -2.08. The van der Waals surface area contributed by atoms with E-state index in [0.717, 1.165) is 46.8 Å². The maximum absolute atomic E-state index is 13.5. The molecule has 0 saturated heterocycles. The highest BCUT2D eigenvalue weighted by Gasteiger charge is 2.31. The number of pyridine rings is 1. The van der Waals surface area contributed by atoms with Crippen LogP contribution in [-0.2, 0) is 12.4 Å². The van der Waals surface area contributed by atoms with E-state index in [1.807, 2.05) is 86.5 Å². The Bertz CT molecular complexity index is 2220. The van der Waals surface area contributed by atoms with Crippen molar-refractivity contribution in [2.24, 2.45) is 0 Å². The molecule has 13 heteroatoms. The molecule has 0 aliphatic rings. The van der Waals surface area contributed by atoms with Gasteiger partial charge >= 0.3 is 12.4 Å². The molecule has 0 N–H and O–H groups in total. The van der Waals surface area contributed by atoms with Gasteiger partial charge in [0.05, 0.1) is 33.9 Å². The summed E-state index contributed by atoms with van der Waals surface area (Å²) in [7, 11) is 7.71. The fourth-order valence-corrected chi connectivity index (χ4v) is 5.97. The highest BCUT2D eigenvalue weighted by molar-refractivity contribution is 5.73. The zero-order valence-corrected chi connectivity index (χ0v) is 29.5. The van der Waals surface area contributed by atoms with E-state index in [-0.39, 0.29) is 0 Å². The second-order valence-electron chi connectivity index (χ2n) is 13.0. The lowest BCUT2D eigenvalue weighted by atomic mass is 10.1. The molecule has 0 unspecified atom stereocenters. The molecular weight excluding hydrogens is 704 g/mol. The minimum Gasteiger partial charge on any atom is -0.378 e. The maximum atomic E-state index is 13.5. The van der Waals surface area contributed by atoms with Gasteiger partial charge in [-0.2, -0.15) is 36.5 Å². The number of hydrogen-bond donors (Lipinski definition) is 0. The Balaban J connectivity index is 1.36. The number of rotatable bonds is 8. The molecule has 274 valence electrons. The summed E-state index contributed by atoms with van der Waals surface area (Å²) in [5, 5.41) is 9.75. The quantitative estimate of drug-likeness (QED) is 0.145. The lowest BCUT2D eigenvalue weighted by molar-refractivity contribution is -0.138. The number of anilines is 2. The van der Waals surface area contributed by atoms with Crippen LogP contribution in [0, 0.1) is 0 Å². The third-order valence-corrected chi connectivity index (χ3v) is 8.95. The summed E-state index contributed by atoms with van der Waals surface area (Å²) in [6.07, 6.45) is -9.01. The molecule has 3 heterocycles. The summed E-state index contributed by atoms with van der Waals surface area (Å²) >= 11 is 0. The molecule has 3 aromatic heterocycles. The zero-order valence-electron chi connectivity index (χ0n) is 29.5. The Labute approximate surface area is 307 Å². The monoisotopic (exact) mass is 737 g/mol. The average molecular weight is 738 g/mol. The van der Waals surface area contributed by atoms with Gasteiger partial charge in [-0.1, -0.05) is 54.6 Å². The molecular formula is C41H33F6N7. The number of nitrogens with zero attached hydrogens (tertiary/aromatic N) is 7. The van der Waals surface area contributed by atoms with Crippen LogP contribution < -0.4 is 9.80 Å². The Morgan fingerprint density at radius 1 is 0.444 bits per heavy atom. The van der Waals surface area contributed by atoms with Gasteiger partial charge in [-0.05, 0) is 72.8 Å². The molecule has 0 aliphatic heterocycles.